The largest absolute Gasteiger partial charge is 0.457 e. The molecule has 14 heavy (non-hydrogen) atoms. The summed E-state index contributed by atoms with van der Waals surface area (Å²) in [4.78, 5) is 1.29. The van der Waals surface area contributed by atoms with Crippen LogP contribution in [0, 0.1) is 0 Å². The van der Waals surface area contributed by atoms with Crippen molar-refractivity contribution in [3.8, 4) is 0 Å². The van der Waals surface area contributed by atoms with Gasteiger partial charge in [-0.2, -0.15) is 0 Å². The number of nitrogens with one attached hydrogen (secondary N) is 1. The van der Waals surface area contributed by atoms with E-state index in [0.29, 0.717) is 0 Å². The quantitative estimate of drug-likeness (QED) is 0.926. The van der Waals surface area contributed by atoms with Gasteiger partial charge < -0.3 is 9.73 Å². The molecule has 1 atom stereocenters. The highest BCUT2D eigenvalue weighted by atomic mass is 79.9. The van der Waals surface area contributed by atoms with Gasteiger partial charge in [-0.3, -0.25) is 0 Å². The van der Waals surface area contributed by atoms with Gasteiger partial charge in [-0.25, -0.2) is 0 Å². The molecular weight excluding hydrogens is 262 g/mol. The van der Waals surface area contributed by atoms with Crippen LogP contribution in [0.1, 0.15) is 16.5 Å². The Balaban J connectivity index is 2.31. The molecule has 0 amide bonds. The maximum Gasteiger partial charge on any atom is 0.169 e. The molecule has 0 aliphatic heterocycles. The van der Waals surface area contributed by atoms with Crippen molar-refractivity contribution < 1.29 is 4.42 Å². The van der Waals surface area contributed by atoms with Gasteiger partial charge in [0.2, 0.25) is 0 Å². The van der Waals surface area contributed by atoms with Crippen LogP contribution in [0.25, 0.3) is 0 Å². The number of hydrogen-bond acceptors (Lipinski definition) is 3. The minimum absolute atomic E-state index is 0.227. The zero-order valence-electron chi connectivity index (χ0n) is 7.66. The number of halogens is 1. The van der Waals surface area contributed by atoms with E-state index < -0.39 is 0 Å². The summed E-state index contributed by atoms with van der Waals surface area (Å²) in [5.41, 5.74) is 1.14. The van der Waals surface area contributed by atoms with E-state index in [1.54, 1.807) is 17.6 Å². The van der Waals surface area contributed by atoms with Crippen LogP contribution >= 0.6 is 27.3 Å². The summed E-state index contributed by atoms with van der Waals surface area (Å²) in [6.07, 6.45) is 1.77. The summed E-state index contributed by atoms with van der Waals surface area (Å²) in [5, 5.41) is 5.34. The first-order valence-corrected chi connectivity index (χ1v) is 5.93. The van der Waals surface area contributed by atoms with E-state index in [1.165, 1.54) is 4.88 Å². The highest BCUT2D eigenvalue weighted by Crippen LogP contribution is 2.28. The molecule has 0 bridgehead atoms. The van der Waals surface area contributed by atoms with Crippen LogP contribution in [0.2, 0.25) is 0 Å². The maximum absolute atomic E-state index is 5.23. The van der Waals surface area contributed by atoms with Crippen LogP contribution in [-0.4, -0.2) is 7.05 Å². The fourth-order valence-electron chi connectivity index (χ4n) is 1.40. The molecule has 0 saturated heterocycles. The van der Waals surface area contributed by atoms with E-state index in [2.05, 4.69) is 38.8 Å². The Kier molecular flexibility index (Phi) is 3.05. The summed E-state index contributed by atoms with van der Waals surface area (Å²) < 4.78 is 5.99. The second kappa shape index (κ2) is 4.29. The van der Waals surface area contributed by atoms with Crippen LogP contribution in [0.4, 0.5) is 0 Å². The van der Waals surface area contributed by atoms with Crippen molar-refractivity contribution in [2.45, 2.75) is 6.04 Å². The normalized spacial score (nSPS) is 13.0. The van der Waals surface area contributed by atoms with E-state index in [-0.39, 0.29) is 6.04 Å². The first-order valence-electron chi connectivity index (χ1n) is 4.26. The lowest BCUT2D eigenvalue weighted by Crippen LogP contribution is -2.15. The molecule has 1 N–H and O–H groups in total. The third-order valence-corrected chi connectivity index (χ3v) is 3.39. The Bertz CT molecular complexity index is 396. The minimum Gasteiger partial charge on any atom is -0.457 e. The molecule has 0 radical (unpaired) electrons. The molecular formula is C10H10BrNOS. The Hall–Kier alpha value is -0.580. The van der Waals surface area contributed by atoms with E-state index in [0.717, 1.165) is 10.2 Å². The van der Waals surface area contributed by atoms with Gasteiger partial charge >= 0.3 is 0 Å². The van der Waals surface area contributed by atoms with E-state index >= 15 is 0 Å². The lowest BCUT2D eigenvalue weighted by Gasteiger charge is -2.11. The zero-order chi connectivity index (χ0) is 9.97. The molecule has 0 aliphatic carbocycles. The standard InChI is InChI=1S/C10H10BrNOS/c1-12-10(8-3-2-4-14-8)7-5-9(11)13-6-7/h2-6,10,12H,1H3. The van der Waals surface area contributed by atoms with Crippen molar-refractivity contribution in [2.24, 2.45) is 0 Å². The summed E-state index contributed by atoms with van der Waals surface area (Å²) in [7, 11) is 1.95. The van der Waals surface area contributed by atoms with Crippen molar-refractivity contribution in [3.63, 3.8) is 0 Å². The number of hydrogen-bond donors (Lipinski definition) is 1. The predicted octanol–water partition coefficient (Wildman–Crippen LogP) is 3.41. The van der Waals surface area contributed by atoms with Crippen LogP contribution in [-0.2, 0) is 0 Å². The second-order valence-corrected chi connectivity index (χ2v) is 4.68. The smallest absolute Gasteiger partial charge is 0.169 e. The molecule has 74 valence electrons. The van der Waals surface area contributed by atoms with Gasteiger partial charge in [0.25, 0.3) is 0 Å². The Morgan fingerprint density at radius 3 is 2.93 bits per heavy atom. The molecule has 2 rings (SSSR count). The van der Waals surface area contributed by atoms with Crippen LogP contribution in [0.15, 0.2) is 38.9 Å². The molecule has 0 saturated carbocycles. The predicted molar refractivity (Wildman–Crippen MR) is 61.6 cm³/mol. The highest BCUT2D eigenvalue weighted by Gasteiger charge is 2.14. The van der Waals surface area contributed by atoms with Gasteiger partial charge in [-0.15, -0.1) is 11.3 Å². The van der Waals surface area contributed by atoms with E-state index in [4.69, 9.17) is 4.42 Å². The molecule has 2 nitrogen and oxygen atoms in total. The third-order valence-electron chi connectivity index (χ3n) is 2.04. The molecule has 0 spiro atoms. The SMILES string of the molecule is CNC(c1coc(Br)c1)c1cccs1. The highest BCUT2D eigenvalue weighted by molar-refractivity contribution is 9.10. The van der Waals surface area contributed by atoms with Crippen molar-refractivity contribution in [1.82, 2.24) is 5.32 Å². The monoisotopic (exact) mass is 271 g/mol. The minimum atomic E-state index is 0.227. The van der Waals surface area contributed by atoms with Gasteiger partial charge in [0.05, 0.1) is 12.3 Å². The molecule has 4 heteroatoms. The average molecular weight is 272 g/mol. The summed E-state index contributed by atoms with van der Waals surface area (Å²) >= 11 is 5.04. The molecule has 0 aromatic carbocycles. The van der Waals surface area contributed by atoms with Crippen molar-refractivity contribution in [3.05, 3.63) is 45.0 Å². The number of furan rings is 1. The second-order valence-electron chi connectivity index (χ2n) is 2.92. The topological polar surface area (TPSA) is 25.2 Å². The fraction of sp³-hybridized carbons (Fsp3) is 0.200. The first-order chi connectivity index (χ1) is 6.81. The lowest BCUT2D eigenvalue weighted by atomic mass is 10.1. The molecule has 0 fully saturated rings. The maximum atomic E-state index is 5.23. The van der Waals surface area contributed by atoms with Crippen molar-refractivity contribution in [2.75, 3.05) is 7.05 Å². The van der Waals surface area contributed by atoms with Gasteiger partial charge in [0.15, 0.2) is 4.67 Å². The summed E-state index contributed by atoms with van der Waals surface area (Å²) in [6, 6.07) is 6.39. The summed E-state index contributed by atoms with van der Waals surface area (Å²) in [5.74, 6) is 0. The van der Waals surface area contributed by atoms with Crippen molar-refractivity contribution >= 4 is 27.3 Å². The molecule has 1 unspecified atom stereocenters. The molecule has 2 heterocycles. The fourth-order valence-corrected chi connectivity index (χ4v) is 2.62. The average Bonchev–Trinajstić information content (AvgIpc) is 2.79. The van der Waals surface area contributed by atoms with Crippen LogP contribution in [0.5, 0.6) is 0 Å². The Morgan fingerprint density at radius 2 is 2.43 bits per heavy atom. The third kappa shape index (κ3) is 1.92. The van der Waals surface area contributed by atoms with Crippen molar-refractivity contribution in [1.29, 1.82) is 0 Å². The zero-order valence-corrected chi connectivity index (χ0v) is 10.1. The van der Waals surface area contributed by atoms with Gasteiger partial charge in [-0.1, -0.05) is 6.07 Å². The van der Waals surface area contributed by atoms with Crippen LogP contribution in [0.3, 0.4) is 0 Å². The molecule has 2 aromatic heterocycles. The van der Waals surface area contributed by atoms with E-state index in [9.17, 15) is 0 Å². The van der Waals surface area contributed by atoms with Crippen LogP contribution < -0.4 is 5.32 Å². The van der Waals surface area contributed by atoms with Gasteiger partial charge in [0.1, 0.15) is 0 Å². The molecule has 0 aliphatic rings. The first kappa shape index (κ1) is 9.96. The number of rotatable bonds is 3. The molecule has 2 aromatic rings. The lowest BCUT2D eigenvalue weighted by molar-refractivity contribution is 0.534. The van der Waals surface area contributed by atoms with Gasteiger partial charge in [0, 0.05) is 10.4 Å². The Morgan fingerprint density at radius 1 is 1.57 bits per heavy atom. The number of thiophene rings is 1. The summed E-state index contributed by atoms with van der Waals surface area (Å²) in [6.45, 7) is 0. The Labute approximate surface area is 95.1 Å². The van der Waals surface area contributed by atoms with E-state index in [1.807, 2.05) is 13.1 Å². The van der Waals surface area contributed by atoms with Gasteiger partial charge in [-0.05, 0) is 40.5 Å².